The lowest BCUT2D eigenvalue weighted by molar-refractivity contribution is -0.131. The number of nitrogens with zero attached hydrogens (tertiary/aromatic N) is 6. The maximum Gasteiger partial charge on any atom is 0.270 e. The zero-order valence-corrected chi connectivity index (χ0v) is 26.1. The van der Waals surface area contributed by atoms with E-state index in [-0.39, 0.29) is 54.9 Å². The number of aryl methyl sites for hydroxylation is 1. The summed E-state index contributed by atoms with van der Waals surface area (Å²) < 4.78 is 50.7. The largest absolute Gasteiger partial charge is 0.496 e. The van der Waals surface area contributed by atoms with Gasteiger partial charge in [-0.15, -0.1) is 5.10 Å². The van der Waals surface area contributed by atoms with Crippen molar-refractivity contribution in [2.45, 2.75) is 44.2 Å². The number of nitrogens with one attached hydrogen (secondary N) is 1. The van der Waals surface area contributed by atoms with E-state index in [9.17, 15) is 18.4 Å². The van der Waals surface area contributed by atoms with Crippen molar-refractivity contribution in [2.24, 2.45) is 0 Å². The molecular formula is C34H36F3N7O3. The van der Waals surface area contributed by atoms with Crippen LogP contribution in [0.5, 0.6) is 5.75 Å². The Bertz CT molecular complexity index is 1820. The minimum absolute atomic E-state index is 0.0589. The number of H-pyrrole nitrogens is 1. The minimum Gasteiger partial charge on any atom is -0.496 e. The van der Waals surface area contributed by atoms with Gasteiger partial charge in [-0.05, 0) is 35.8 Å². The van der Waals surface area contributed by atoms with E-state index in [1.165, 1.54) is 0 Å². The minimum atomic E-state index is -2.59. The van der Waals surface area contributed by atoms with Gasteiger partial charge >= 0.3 is 0 Å². The van der Waals surface area contributed by atoms with Crippen molar-refractivity contribution in [3.8, 4) is 16.9 Å². The van der Waals surface area contributed by atoms with Gasteiger partial charge in [-0.3, -0.25) is 19.2 Å². The molecule has 3 aliphatic rings. The van der Waals surface area contributed by atoms with Gasteiger partial charge in [-0.2, -0.15) is 0 Å². The molecular weight excluding hydrogens is 611 g/mol. The van der Waals surface area contributed by atoms with E-state index < -0.39 is 11.7 Å². The van der Waals surface area contributed by atoms with Gasteiger partial charge in [0.25, 0.3) is 11.8 Å². The molecule has 1 aliphatic carbocycles. The molecule has 0 atom stereocenters. The third kappa shape index (κ3) is 6.11. The summed E-state index contributed by atoms with van der Waals surface area (Å²) in [7, 11) is 1.57. The van der Waals surface area contributed by atoms with Crippen molar-refractivity contribution < 1.29 is 27.5 Å². The number of fused-ring (bicyclic) bond motifs is 1. The van der Waals surface area contributed by atoms with Crippen LogP contribution in [0.4, 0.5) is 13.2 Å². The molecule has 0 unspecified atom stereocenters. The number of amides is 2. The second-order valence-electron chi connectivity index (χ2n) is 12.5. The maximum atomic E-state index is 16.5. The zero-order valence-electron chi connectivity index (χ0n) is 26.1. The highest BCUT2D eigenvalue weighted by Gasteiger charge is 2.48. The Morgan fingerprint density at radius 3 is 2.53 bits per heavy atom. The summed E-state index contributed by atoms with van der Waals surface area (Å²) >= 11 is 0. The molecule has 47 heavy (non-hydrogen) atoms. The molecule has 0 spiro atoms. The number of carbonyl (C=O) groups excluding carboxylic acids is 2. The topological polar surface area (TPSA) is 99.6 Å². The monoisotopic (exact) mass is 647 g/mol. The summed E-state index contributed by atoms with van der Waals surface area (Å²) in [5, 5.41) is 8.23. The van der Waals surface area contributed by atoms with Gasteiger partial charge in [0.1, 0.15) is 11.4 Å². The first-order chi connectivity index (χ1) is 22.7. The van der Waals surface area contributed by atoms with Gasteiger partial charge in [0.15, 0.2) is 5.82 Å². The standard InChI is InChI=1S/C34H36F3N7O3/c1-47-29-7-3-2-6-24(29)26-17-25(22-5-4-10-43(21-22)30(45)8-11-44-12-9-38-40-44)31(35)32-27(26)18-28(39-32)33(46)42-15-13-41(14-16-42)23-19-34(36,37)20-23/h2-3,5-7,9,12,17-18,23,39H,4,8,10-11,13-16,19-21H2,1H3. The summed E-state index contributed by atoms with van der Waals surface area (Å²) in [6.45, 7) is 3.00. The molecule has 246 valence electrons. The first kappa shape index (κ1) is 31.0. The SMILES string of the molecule is COc1ccccc1-c1cc(C2=CCCN(C(=O)CCn3ccnn3)C2)c(F)c2[nH]c(C(=O)N3CCN(C4CC(F)(F)C4)CC3)cc12. The number of piperazine rings is 1. The van der Waals surface area contributed by atoms with E-state index in [1.807, 2.05) is 35.2 Å². The number of rotatable bonds is 8. The summed E-state index contributed by atoms with van der Waals surface area (Å²) in [5.41, 5.74) is 2.90. The van der Waals surface area contributed by atoms with Gasteiger partial charge in [0.2, 0.25) is 5.91 Å². The summed E-state index contributed by atoms with van der Waals surface area (Å²) in [6, 6.07) is 10.8. The van der Waals surface area contributed by atoms with Gasteiger partial charge in [-0.25, -0.2) is 13.2 Å². The molecule has 2 aliphatic heterocycles. The van der Waals surface area contributed by atoms with Crippen LogP contribution >= 0.6 is 0 Å². The molecule has 2 amide bonds. The lowest BCUT2D eigenvalue weighted by Gasteiger charge is -2.46. The summed E-state index contributed by atoms with van der Waals surface area (Å²) in [4.78, 5) is 35.4. The molecule has 13 heteroatoms. The van der Waals surface area contributed by atoms with Crippen LogP contribution in [-0.4, -0.2) is 105 Å². The van der Waals surface area contributed by atoms with Gasteiger partial charge in [-0.1, -0.05) is 29.5 Å². The Labute approximate surface area is 269 Å². The second-order valence-corrected chi connectivity index (χ2v) is 12.5. The molecule has 10 nitrogen and oxygen atoms in total. The molecule has 7 rings (SSSR count). The first-order valence-electron chi connectivity index (χ1n) is 15.9. The molecule has 2 fully saturated rings. The number of hydrogen-bond acceptors (Lipinski definition) is 6. The lowest BCUT2D eigenvalue weighted by atomic mass is 9.86. The van der Waals surface area contributed by atoms with Crippen molar-refractivity contribution in [3.63, 3.8) is 0 Å². The summed E-state index contributed by atoms with van der Waals surface area (Å²) in [6.07, 6.45) is 5.77. The fourth-order valence-electron chi connectivity index (χ4n) is 6.92. The maximum absolute atomic E-state index is 16.5. The van der Waals surface area contributed by atoms with E-state index in [2.05, 4.69) is 15.3 Å². The van der Waals surface area contributed by atoms with Crippen molar-refractivity contribution in [1.29, 1.82) is 0 Å². The van der Waals surface area contributed by atoms with E-state index in [0.29, 0.717) is 73.5 Å². The smallest absolute Gasteiger partial charge is 0.270 e. The van der Waals surface area contributed by atoms with Crippen molar-refractivity contribution in [3.05, 3.63) is 71.9 Å². The Hall–Kier alpha value is -4.65. The Morgan fingerprint density at radius 2 is 1.81 bits per heavy atom. The molecule has 1 N–H and O–H groups in total. The molecule has 0 radical (unpaired) electrons. The van der Waals surface area contributed by atoms with Crippen LogP contribution in [-0.2, 0) is 11.3 Å². The van der Waals surface area contributed by atoms with Gasteiger partial charge < -0.3 is 19.5 Å². The normalized spacial score (nSPS) is 18.7. The molecule has 4 aromatic rings. The Kier molecular flexibility index (Phi) is 8.25. The zero-order chi connectivity index (χ0) is 32.7. The van der Waals surface area contributed by atoms with Crippen LogP contribution in [0.3, 0.4) is 0 Å². The highest BCUT2D eigenvalue weighted by Crippen LogP contribution is 2.42. The van der Waals surface area contributed by atoms with Crippen molar-refractivity contribution in [2.75, 3.05) is 46.4 Å². The Balaban J connectivity index is 1.18. The van der Waals surface area contributed by atoms with Crippen molar-refractivity contribution in [1.82, 2.24) is 34.7 Å². The molecule has 2 aromatic heterocycles. The van der Waals surface area contributed by atoms with E-state index in [1.54, 1.807) is 46.1 Å². The van der Waals surface area contributed by atoms with Crippen LogP contribution in [0.1, 0.15) is 41.7 Å². The fourth-order valence-corrected chi connectivity index (χ4v) is 6.92. The molecule has 2 aromatic carbocycles. The number of benzene rings is 2. The number of aromatic amines is 1. The van der Waals surface area contributed by atoms with Crippen LogP contribution in [0.2, 0.25) is 0 Å². The number of carbonyl (C=O) groups is 2. The molecule has 1 saturated heterocycles. The number of para-hydroxylation sites is 1. The number of alkyl halides is 2. The average molecular weight is 648 g/mol. The van der Waals surface area contributed by atoms with Crippen LogP contribution in [0, 0.1) is 5.82 Å². The van der Waals surface area contributed by atoms with Gasteiger partial charge in [0.05, 0.1) is 25.4 Å². The highest BCUT2D eigenvalue weighted by atomic mass is 19.3. The molecule has 4 heterocycles. The number of halogens is 3. The van der Waals surface area contributed by atoms with Crippen LogP contribution in [0.15, 0.2) is 54.9 Å². The fraction of sp³-hybridized carbons (Fsp3) is 0.412. The predicted molar refractivity (Wildman–Crippen MR) is 170 cm³/mol. The number of ether oxygens (including phenoxy) is 1. The van der Waals surface area contributed by atoms with E-state index in [0.717, 1.165) is 5.56 Å². The first-order valence-corrected chi connectivity index (χ1v) is 15.9. The predicted octanol–water partition coefficient (Wildman–Crippen LogP) is 4.84. The molecule has 1 saturated carbocycles. The molecule has 0 bridgehead atoms. The number of hydrogen-bond donors (Lipinski definition) is 1. The highest BCUT2D eigenvalue weighted by molar-refractivity contribution is 6.05. The van der Waals surface area contributed by atoms with E-state index >= 15 is 4.39 Å². The second kappa shape index (κ2) is 12.5. The van der Waals surface area contributed by atoms with E-state index in [4.69, 9.17) is 4.74 Å². The van der Waals surface area contributed by atoms with Crippen LogP contribution < -0.4 is 4.74 Å². The number of aromatic nitrogens is 4. The lowest BCUT2D eigenvalue weighted by Crippen LogP contribution is -2.57. The Morgan fingerprint density at radius 1 is 1.02 bits per heavy atom. The number of methoxy groups -OCH3 is 1. The third-order valence-corrected chi connectivity index (χ3v) is 9.54. The summed E-state index contributed by atoms with van der Waals surface area (Å²) in [5.74, 6) is -2.83. The van der Waals surface area contributed by atoms with Gasteiger partial charge in [0, 0.05) is 87.3 Å². The third-order valence-electron chi connectivity index (χ3n) is 9.54. The quantitative estimate of drug-likeness (QED) is 0.294. The van der Waals surface area contributed by atoms with Crippen molar-refractivity contribution >= 4 is 28.3 Å². The average Bonchev–Trinajstić information content (AvgIpc) is 3.77. The van der Waals surface area contributed by atoms with Crippen LogP contribution in [0.25, 0.3) is 27.6 Å².